The summed E-state index contributed by atoms with van der Waals surface area (Å²) in [5.41, 5.74) is 0. The zero-order valence-corrected chi connectivity index (χ0v) is 11.6. The predicted molar refractivity (Wildman–Crippen MR) is 72.1 cm³/mol. The number of rotatable bonds is 2. The lowest BCUT2D eigenvalue weighted by Crippen LogP contribution is -2.49. The van der Waals surface area contributed by atoms with E-state index in [1.807, 2.05) is 0 Å². The molecule has 2 rings (SSSR count). The van der Waals surface area contributed by atoms with E-state index in [2.05, 4.69) is 18.9 Å². The number of likely N-dealkylation sites (N-methyl/N-ethyl adjacent to an activating group) is 1. The molecule has 3 unspecified atom stereocenters. The Balaban J connectivity index is 1.94. The van der Waals surface area contributed by atoms with Crippen molar-refractivity contribution in [1.82, 2.24) is 4.90 Å². The molecular weight excluding hydrogens is 210 g/mol. The molecular formula is C15H29NO. The molecule has 0 aromatic rings. The van der Waals surface area contributed by atoms with E-state index in [-0.39, 0.29) is 6.10 Å². The van der Waals surface area contributed by atoms with Crippen LogP contribution in [0.2, 0.25) is 0 Å². The molecule has 2 aliphatic carbocycles. The van der Waals surface area contributed by atoms with E-state index in [1.54, 1.807) is 0 Å². The summed E-state index contributed by atoms with van der Waals surface area (Å²) in [4.78, 5) is 2.52. The fourth-order valence-corrected chi connectivity index (χ4v) is 3.71. The van der Waals surface area contributed by atoms with E-state index >= 15 is 0 Å². The quantitative estimate of drug-likeness (QED) is 0.748. The van der Waals surface area contributed by atoms with Gasteiger partial charge >= 0.3 is 0 Å². The minimum Gasteiger partial charge on any atom is -0.391 e. The number of aliphatic hydroxyl groups is 1. The molecule has 1 N–H and O–H groups in total. The fourth-order valence-electron chi connectivity index (χ4n) is 3.71. The van der Waals surface area contributed by atoms with Crippen LogP contribution in [0.25, 0.3) is 0 Å². The van der Waals surface area contributed by atoms with Crippen LogP contribution in [0, 0.1) is 5.92 Å². The SMILES string of the molecule is CC1CCC(O)C(N(C)C2CCCCCC2)C1. The molecule has 2 nitrogen and oxygen atoms in total. The predicted octanol–water partition coefficient (Wildman–Crippen LogP) is 3.19. The van der Waals surface area contributed by atoms with Crippen molar-refractivity contribution in [3.05, 3.63) is 0 Å². The Labute approximate surface area is 106 Å². The average Bonchev–Trinajstić information content (AvgIpc) is 2.60. The molecule has 2 saturated carbocycles. The topological polar surface area (TPSA) is 23.5 Å². The van der Waals surface area contributed by atoms with Gasteiger partial charge in [0.25, 0.3) is 0 Å². The maximum Gasteiger partial charge on any atom is 0.0695 e. The van der Waals surface area contributed by atoms with Gasteiger partial charge in [0.1, 0.15) is 0 Å². The zero-order chi connectivity index (χ0) is 12.3. The van der Waals surface area contributed by atoms with Gasteiger partial charge in [0.2, 0.25) is 0 Å². The highest BCUT2D eigenvalue weighted by molar-refractivity contribution is 4.87. The van der Waals surface area contributed by atoms with E-state index in [0.717, 1.165) is 18.4 Å². The first-order chi connectivity index (χ1) is 8.18. The molecule has 0 aromatic carbocycles. The van der Waals surface area contributed by atoms with Gasteiger partial charge in [-0.25, -0.2) is 0 Å². The molecule has 0 radical (unpaired) electrons. The van der Waals surface area contributed by atoms with Gasteiger partial charge in [0.15, 0.2) is 0 Å². The van der Waals surface area contributed by atoms with E-state index in [9.17, 15) is 5.11 Å². The van der Waals surface area contributed by atoms with Gasteiger partial charge in [-0.1, -0.05) is 32.6 Å². The van der Waals surface area contributed by atoms with Gasteiger partial charge < -0.3 is 5.11 Å². The van der Waals surface area contributed by atoms with Crippen LogP contribution < -0.4 is 0 Å². The second-order valence-corrected chi connectivity index (χ2v) is 6.36. The van der Waals surface area contributed by atoms with Crippen molar-refractivity contribution >= 4 is 0 Å². The average molecular weight is 239 g/mol. The van der Waals surface area contributed by atoms with E-state index in [0.29, 0.717) is 6.04 Å². The highest BCUT2D eigenvalue weighted by Gasteiger charge is 2.33. The van der Waals surface area contributed by atoms with Gasteiger partial charge in [-0.2, -0.15) is 0 Å². The van der Waals surface area contributed by atoms with Crippen LogP contribution >= 0.6 is 0 Å². The molecule has 17 heavy (non-hydrogen) atoms. The molecule has 2 aliphatic rings. The van der Waals surface area contributed by atoms with Crippen molar-refractivity contribution in [1.29, 1.82) is 0 Å². The number of nitrogens with zero attached hydrogens (tertiary/aromatic N) is 1. The Bertz CT molecular complexity index is 223. The summed E-state index contributed by atoms with van der Waals surface area (Å²) in [5, 5.41) is 10.2. The third kappa shape index (κ3) is 3.45. The number of hydrogen-bond acceptors (Lipinski definition) is 2. The molecule has 0 aliphatic heterocycles. The lowest BCUT2D eigenvalue weighted by molar-refractivity contribution is -0.00364. The van der Waals surface area contributed by atoms with Crippen molar-refractivity contribution < 1.29 is 5.11 Å². The van der Waals surface area contributed by atoms with Crippen molar-refractivity contribution in [3.63, 3.8) is 0 Å². The Hall–Kier alpha value is -0.0800. The molecule has 2 fully saturated rings. The van der Waals surface area contributed by atoms with Crippen molar-refractivity contribution in [2.45, 2.75) is 82.9 Å². The zero-order valence-electron chi connectivity index (χ0n) is 11.6. The maximum absolute atomic E-state index is 10.2. The molecule has 2 heteroatoms. The Morgan fingerprint density at radius 2 is 1.59 bits per heavy atom. The van der Waals surface area contributed by atoms with Crippen LogP contribution in [0.5, 0.6) is 0 Å². The van der Waals surface area contributed by atoms with E-state index in [4.69, 9.17) is 0 Å². The van der Waals surface area contributed by atoms with Crippen LogP contribution in [0.15, 0.2) is 0 Å². The third-order valence-electron chi connectivity index (χ3n) is 4.97. The highest BCUT2D eigenvalue weighted by Crippen LogP contribution is 2.31. The second kappa shape index (κ2) is 6.19. The van der Waals surface area contributed by atoms with E-state index in [1.165, 1.54) is 51.4 Å². The van der Waals surface area contributed by atoms with Gasteiger partial charge in [0.05, 0.1) is 6.10 Å². The third-order valence-corrected chi connectivity index (χ3v) is 4.97. The molecule has 100 valence electrons. The summed E-state index contributed by atoms with van der Waals surface area (Å²) in [6, 6.07) is 1.14. The maximum atomic E-state index is 10.2. The summed E-state index contributed by atoms with van der Waals surface area (Å²) < 4.78 is 0. The van der Waals surface area contributed by atoms with Crippen LogP contribution in [0.3, 0.4) is 0 Å². The van der Waals surface area contributed by atoms with E-state index < -0.39 is 0 Å². The standard InChI is InChI=1S/C15H29NO/c1-12-9-10-15(17)14(11-12)16(2)13-7-5-3-4-6-8-13/h12-15,17H,3-11H2,1-2H3. The van der Waals surface area contributed by atoms with Crippen LogP contribution in [0.1, 0.15) is 64.7 Å². The molecule has 0 bridgehead atoms. The highest BCUT2D eigenvalue weighted by atomic mass is 16.3. The summed E-state index contributed by atoms with van der Waals surface area (Å²) in [6.45, 7) is 2.33. The molecule has 0 saturated heterocycles. The molecule has 0 aromatic heterocycles. The smallest absolute Gasteiger partial charge is 0.0695 e. The Kier molecular flexibility index (Phi) is 4.87. The molecule has 3 atom stereocenters. The molecule has 0 heterocycles. The van der Waals surface area contributed by atoms with Crippen LogP contribution in [0.4, 0.5) is 0 Å². The summed E-state index contributed by atoms with van der Waals surface area (Å²) >= 11 is 0. The minimum absolute atomic E-state index is 0.0838. The number of hydrogen-bond donors (Lipinski definition) is 1. The lowest BCUT2D eigenvalue weighted by Gasteiger charge is -2.41. The Morgan fingerprint density at radius 3 is 2.24 bits per heavy atom. The first kappa shape index (κ1) is 13.4. The van der Waals surface area contributed by atoms with Crippen LogP contribution in [-0.2, 0) is 0 Å². The van der Waals surface area contributed by atoms with Crippen molar-refractivity contribution in [2.24, 2.45) is 5.92 Å². The first-order valence-electron chi connectivity index (χ1n) is 7.58. The lowest BCUT2D eigenvalue weighted by atomic mass is 9.83. The van der Waals surface area contributed by atoms with Gasteiger partial charge in [-0.05, 0) is 45.1 Å². The number of aliphatic hydroxyl groups excluding tert-OH is 1. The molecule has 0 amide bonds. The van der Waals surface area contributed by atoms with Gasteiger partial charge in [0, 0.05) is 12.1 Å². The van der Waals surface area contributed by atoms with Gasteiger partial charge in [-0.3, -0.25) is 4.90 Å². The monoisotopic (exact) mass is 239 g/mol. The molecule has 0 spiro atoms. The van der Waals surface area contributed by atoms with Crippen LogP contribution in [-0.4, -0.2) is 35.2 Å². The normalized spacial score (nSPS) is 37.1. The van der Waals surface area contributed by atoms with Crippen molar-refractivity contribution in [3.8, 4) is 0 Å². The second-order valence-electron chi connectivity index (χ2n) is 6.36. The summed E-state index contributed by atoms with van der Waals surface area (Å²) in [7, 11) is 2.25. The largest absolute Gasteiger partial charge is 0.391 e. The Morgan fingerprint density at radius 1 is 0.941 bits per heavy atom. The fraction of sp³-hybridized carbons (Fsp3) is 1.00. The summed E-state index contributed by atoms with van der Waals surface area (Å²) in [6.07, 6.45) is 11.6. The summed E-state index contributed by atoms with van der Waals surface area (Å²) in [5.74, 6) is 0.789. The van der Waals surface area contributed by atoms with Gasteiger partial charge in [-0.15, -0.1) is 0 Å². The first-order valence-corrected chi connectivity index (χ1v) is 7.58. The minimum atomic E-state index is -0.0838. The van der Waals surface area contributed by atoms with Crippen molar-refractivity contribution in [2.75, 3.05) is 7.05 Å².